The van der Waals surface area contributed by atoms with Crippen molar-refractivity contribution in [3.63, 3.8) is 0 Å². The number of amides is 2. The number of alkyl halides is 3. The maximum Gasteiger partial charge on any atom is 0.471 e. The summed E-state index contributed by atoms with van der Waals surface area (Å²) in [6.45, 7) is -0.0325. The first-order chi connectivity index (χ1) is 12.1. The molecular formula is C15H15F3N4O4. The number of carbonyl (C=O) groups excluding carboxylic acids is 2. The van der Waals surface area contributed by atoms with E-state index in [0.717, 1.165) is 9.96 Å². The van der Waals surface area contributed by atoms with Gasteiger partial charge in [0.15, 0.2) is 0 Å². The van der Waals surface area contributed by atoms with Crippen molar-refractivity contribution in [3.8, 4) is 11.4 Å². The van der Waals surface area contributed by atoms with Crippen molar-refractivity contribution in [1.82, 2.24) is 20.1 Å². The van der Waals surface area contributed by atoms with E-state index in [9.17, 15) is 22.8 Å². The maximum atomic E-state index is 12.5. The van der Waals surface area contributed by atoms with Crippen LogP contribution in [0.5, 0.6) is 0 Å². The smallest absolute Gasteiger partial charge is 0.340 e. The first-order valence-electron chi connectivity index (χ1n) is 7.21. The lowest BCUT2D eigenvalue weighted by atomic mass is 10.1. The zero-order valence-corrected chi connectivity index (χ0v) is 14.1. The van der Waals surface area contributed by atoms with Crippen LogP contribution in [0.4, 0.5) is 13.2 Å². The van der Waals surface area contributed by atoms with E-state index >= 15 is 0 Å². The Kier molecular flexibility index (Phi) is 5.60. The Labute approximate surface area is 146 Å². The zero-order chi connectivity index (χ0) is 19.5. The zero-order valence-electron chi connectivity index (χ0n) is 14.1. The number of aromatic nitrogens is 2. The molecule has 1 aromatic heterocycles. The second-order valence-corrected chi connectivity index (χ2v) is 5.34. The normalized spacial score (nSPS) is 11.3. The second-order valence-electron chi connectivity index (χ2n) is 5.34. The quantitative estimate of drug-likeness (QED) is 0.600. The minimum absolute atomic E-state index is 0.0325. The van der Waals surface area contributed by atoms with Gasteiger partial charge in [0.1, 0.15) is 0 Å². The third-order valence-electron chi connectivity index (χ3n) is 3.24. The van der Waals surface area contributed by atoms with Gasteiger partial charge in [-0.2, -0.15) is 18.2 Å². The van der Waals surface area contributed by atoms with Crippen molar-refractivity contribution in [2.45, 2.75) is 12.7 Å². The number of hydrogen-bond donors (Lipinski definition) is 0. The highest BCUT2D eigenvalue weighted by Crippen LogP contribution is 2.29. The van der Waals surface area contributed by atoms with Gasteiger partial charge in [0.25, 0.3) is 0 Å². The third-order valence-corrected chi connectivity index (χ3v) is 3.24. The van der Waals surface area contributed by atoms with Crippen LogP contribution in [0.3, 0.4) is 0 Å². The van der Waals surface area contributed by atoms with Crippen LogP contribution in [0, 0.1) is 0 Å². The molecular weight excluding hydrogens is 357 g/mol. The number of hydrogen-bond acceptors (Lipinski definition) is 6. The van der Waals surface area contributed by atoms with Crippen LogP contribution in [0.2, 0.25) is 0 Å². The number of hydroxylamine groups is 2. The van der Waals surface area contributed by atoms with E-state index < -0.39 is 23.9 Å². The van der Waals surface area contributed by atoms with Crippen molar-refractivity contribution in [3.05, 3.63) is 35.7 Å². The Morgan fingerprint density at radius 2 is 1.77 bits per heavy atom. The number of carbonyl (C=O) groups is 2. The van der Waals surface area contributed by atoms with Gasteiger partial charge in [-0.3, -0.25) is 14.4 Å². The number of benzene rings is 1. The van der Waals surface area contributed by atoms with Crippen LogP contribution in [0.15, 0.2) is 28.8 Å². The van der Waals surface area contributed by atoms with Crippen LogP contribution in [-0.2, 0) is 27.1 Å². The van der Waals surface area contributed by atoms with Gasteiger partial charge in [-0.15, -0.1) is 0 Å². The lowest BCUT2D eigenvalue weighted by Gasteiger charge is -2.20. The molecule has 8 nitrogen and oxygen atoms in total. The predicted octanol–water partition coefficient (Wildman–Crippen LogP) is 1.73. The Hall–Kier alpha value is -2.95. The summed E-state index contributed by atoms with van der Waals surface area (Å²) in [6.07, 6.45) is -4.72. The first kappa shape index (κ1) is 19.4. The van der Waals surface area contributed by atoms with Gasteiger partial charge in [0, 0.05) is 19.7 Å². The minimum Gasteiger partial charge on any atom is -0.340 e. The molecule has 2 rings (SSSR count). The maximum absolute atomic E-state index is 12.5. The molecule has 0 saturated heterocycles. The van der Waals surface area contributed by atoms with E-state index in [1.807, 2.05) is 0 Å². The van der Waals surface area contributed by atoms with Crippen LogP contribution in [-0.4, -0.2) is 53.1 Å². The Balaban J connectivity index is 2.12. The van der Waals surface area contributed by atoms with Crippen LogP contribution < -0.4 is 0 Å². The summed E-state index contributed by atoms with van der Waals surface area (Å²) in [5.41, 5.74) is 0.878. The van der Waals surface area contributed by atoms with Crippen molar-refractivity contribution >= 4 is 11.8 Å². The fourth-order valence-corrected chi connectivity index (χ4v) is 1.90. The van der Waals surface area contributed by atoms with Crippen molar-refractivity contribution in [1.29, 1.82) is 0 Å². The van der Waals surface area contributed by atoms with Crippen LogP contribution >= 0.6 is 0 Å². The van der Waals surface area contributed by atoms with Crippen molar-refractivity contribution < 1.29 is 32.1 Å². The van der Waals surface area contributed by atoms with E-state index in [4.69, 9.17) is 4.84 Å². The summed E-state index contributed by atoms with van der Waals surface area (Å²) < 4.78 is 41.6. The molecule has 1 aromatic carbocycles. The molecule has 0 unspecified atom stereocenters. The highest BCUT2D eigenvalue weighted by molar-refractivity contribution is 6.34. The third kappa shape index (κ3) is 4.36. The summed E-state index contributed by atoms with van der Waals surface area (Å²) in [5, 5.41) is 4.15. The molecule has 0 aliphatic heterocycles. The lowest BCUT2D eigenvalue weighted by Crippen LogP contribution is -2.41. The molecule has 0 spiro atoms. The van der Waals surface area contributed by atoms with E-state index in [-0.39, 0.29) is 12.4 Å². The van der Waals surface area contributed by atoms with E-state index in [1.54, 1.807) is 12.1 Å². The molecule has 1 heterocycles. The molecule has 0 radical (unpaired) electrons. The monoisotopic (exact) mass is 372 g/mol. The largest absolute Gasteiger partial charge is 0.471 e. The second kappa shape index (κ2) is 7.52. The lowest BCUT2D eigenvalue weighted by molar-refractivity contribution is -0.184. The van der Waals surface area contributed by atoms with E-state index in [1.165, 1.54) is 33.3 Å². The molecule has 2 aromatic rings. The summed E-state index contributed by atoms with van der Waals surface area (Å²) in [6, 6.07) is 6.01. The molecule has 0 saturated carbocycles. The number of rotatable bonds is 4. The van der Waals surface area contributed by atoms with Gasteiger partial charge in [-0.25, -0.2) is 5.06 Å². The Bertz CT molecular complexity index is 787. The average Bonchev–Trinajstić information content (AvgIpc) is 3.09. The predicted molar refractivity (Wildman–Crippen MR) is 81.0 cm³/mol. The molecule has 2 amide bonds. The molecule has 140 valence electrons. The molecule has 0 N–H and O–H groups in total. The molecule has 0 aliphatic rings. The van der Waals surface area contributed by atoms with Gasteiger partial charge in [0.2, 0.25) is 5.82 Å². The summed E-state index contributed by atoms with van der Waals surface area (Å²) >= 11 is 0. The first-order valence-corrected chi connectivity index (χ1v) is 7.21. The molecule has 11 heteroatoms. The molecule has 26 heavy (non-hydrogen) atoms. The number of halogens is 3. The van der Waals surface area contributed by atoms with Crippen molar-refractivity contribution in [2.24, 2.45) is 0 Å². The number of nitrogens with zero attached hydrogens (tertiary/aromatic N) is 4. The van der Waals surface area contributed by atoms with E-state index in [0.29, 0.717) is 11.1 Å². The SMILES string of the molecule is CON(Cc1ccc(-c2noc(C(F)(F)F)n2)cc1)C(=O)C(=O)N(C)C. The summed E-state index contributed by atoms with van der Waals surface area (Å²) in [4.78, 5) is 33.0. The highest BCUT2D eigenvalue weighted by atomic mass is 19.4. The van der Waals surface area contributed by atoms with Gasteiger partial charge in [-0.1, -0.05) is 29.4 Å². The molecule has 0 aliphatic carbocycles. The average molecular weight is 372 g/mol. The minimum atomic E-state index is -4.72. The fourth-order valence-electron chi connectivity index (χ4n) is 1.90. The summed E-state index contributed by atoms with van der Waals surface area (Å²) in [5.74, 6) is -3.26. The molecule has 0 atom stereocenters. The van der Waals surface area contributed by atoms with Crippen molar-refractivity contribution in [2.75, 3.05) is 21.2 Å². The van der Waals surface area contributed by atoms with Gasteiger partial charge < -0.3 is 9.42 Å². The molecule has 0 bridgehead atoms. The van der Waals surface area contributed by atoms with Gasteiger partial charge >= 0.3 is 23.9 Å². The van der Waals surface area contributed by atoms with Crippen LogP contribution in [0.25, 0.3) is 11.4 Å². The van der Waals surface area contributed by atoms with Gasteiger partial charge in [-0.05, 0) is 5.56 Å². The summed E-state index contributed by atoms with van der Waals surface area (Å²) in [7, 11) is 4.11. The molecule has 0 fully saturated rings. The van der Waals surface area contributed by atoms with Gasteiger partial charge in [0.05, 0.1) is 13.7 Å². The standard InChI is InChI=1S/C15H15F3N4O4/c1-21(2)12(23)13(24)22(25-3)8-9-4-6-10(7-5-9)11-19-14(26-20-11)15(16,17)18/h4-7H,8H2,1-3H3. The number of likely N-dealkylation sites (N-methyl/N-ethyl adjacent to an activating group) is 1. The van der Waals surface area contributed by atoms with E-state index in [2.05, 4.69) is 14.7 Å². The highest BCUT2D eigenvalue weighted by Gasteiger charge is 2.38. The fraction of sp³-hybridized carbons (Fsp3) is 0.333. The van der Waals surface area contributed by atoms with Crippen LogP contribution in [0.1, 0.15) is 11.5 Å². The Morgan fingerprint density at radius 1 is 1.15 bits per heavy atom. The topological polar surface area (TPSA) is 88.8 Å². The Morgan fingerprint density at radius 3 is 2.23 bits per heavy atom.